The molecule has 1 aliphatic rings. The summed E-state index contributed by atoms with van der Waals surface area (Å²) < 4.78 is 10.8. The highest BCUT2D eigenvalue weighted by atomic mass is 16.6. The van der Waals surface area contributed by atoms with Crippen molar-refractivity contribution in [1.29, 1.82) is 0 Å². The molecule has 1 heterocycles. The number of para-hydroxylation sites is 1. The molecule has 0 aromatic heterocycles. The monoisotopic (exact) mass is 348 g/mol. The van der Waals surface area contributed by atoms with E-state index in [1.807, 2.05) is 51.1 Å². The summed E-state index contributed by atoms with van der Waals surface area (Å²) >= 11 is 0. The maximum absolute atomic E-state index is 12.2. The van der Waals surface area contributed by atoms with Crippen LogP contribution in [0.1, 0.15) is 33.6 Å². The molecular formula is C19H28N2O4. The maximum atomic E-state index is 12.2. The minimum atomic E-state index is -0.493. The molecule has 0 aliphatic carbocycles. The first-order valence-electron chi connectivity index (χ1n) is 8.76. The molecule has 138 valence electrons. The highest BCUT2D eigenvalue weighted by molar-refractivity contribution is 5.77. The molecule has 1 aromatic carbocycles. The van der Waals surface area contributed by atoms with Crippen LogP contribution in [0.5, 0.6) is 5.75 Å². The van der Waals surface area contributed by atoms with Gasteiger partial charge in [0.25, 0.3) is 5.91 Å². The summed E-state index contributed by atoms with van der Waals surface area (Å²) in [6.07, 6.45) is 1.62. The Hall–Kier alpha value is -2.24. The van der Waals surface area contributed by atoms with Crippen LogP contribution in [0.4, 0.5) is 4.79 Å². The van der Waals surface area contributed by atoms with Crippen LogP contribution in [0.15, 0.2) is 30.3 Å². The zero-order chi connectivity index (χ0) is 18.3. The Labute approximate surface area is 149 Å². The zero-order valence-electron chi connectivity index (χ0n) is 15.3. The third-order valence-electron chi connectivity index (χ3n) is 3.87. The van der Waals surface area contributed by atoms with Gasteiger partial charge in [-0.25, -0.2) is 4.79 Å². The number of carbonyl (C=O) groups is 2. The molecule has 1 fully saturated rings. The second kappa shape index (κ2) is 8.74. The Morgan fingerprint density at radius 3 is 2.64 bits per heavy atom. The lowest BCUT2D eigenvalue weighted by atomic mass is 9.98. The summed E-state index contributed by atoms with van der Waals surface area (Å²) in [4.78, 5) is 25.8. The minimum absolute atomic E-state index is 0.00743. The van der Waals surface area contributed by atoms with Crippen molar-refractivity contribution in [2.45, 2.75) is 39.2 Å². The van der Waals surface area contributed by atoms with Gasteiger partial charge >= 0.3 is 6.09 Å². The quantitative estimate of drug-likeness (QED) is 0.888. The van der Waals surface area contributed by atoms with Crippen LogP contribution < -0.4 is 10.1 Å². The van der Waals surface area contributed by atoms with Crippen LogP contribution >= 0.6 is 0 Å². The number of likely N-dealkylation sites (tertiary alicyclic amines) is 1. The summed E-state index contributed by atoms with van der Waals surface area (Å²) in [6, 6.07) is 9.24. The third kappa shape index (κ3) is 7.03. The van der Waals surface area contributed by atoms with E-state index in [1.54, 1.807) is 4.90 Å². The lowest BCUT2D eigenvalue weighted by Gasteiger charge is -2.34. The third-order valence-corrected chi connectivity index (χ3v) is 3.87. The molecule has 6 nitrogen and oxygen atoms in total. The lowest BCUT2D eigenvalue weighted by molar-refractivity contribution is -0.123. The van der Waals surface area contributed by atoms with Crippen molar-refractivity contribution >= 4 is 12.0 Å². The van der Waals surface area contributed by atoms with E-state index in [1.165, 1.54) is 0 Å². The second-order valence-electron chi connectivity index (χ2n) is 7.34. The van der Waals surface area contributed by atoms with Gasteiger partial charge in [-0.2, -0.15) is 0 Å². The number of rotatable bonds is 5. The van der Waals surface area contributed by atoms with Crippen LogP contribution in [0.2, 0.25) is 0 Å². The first-order chi connectivity index (χ1) is 11.8. The molecule has 0 spiro atoms. The molecule has 1 saturated heterocycles. The van der Waals surface area contributed by atoms with E-state index in [0.717, 1.165) is 12.8 Å². The number of ether oxygens (including phenoxy) is 2. The van der Waals surface area contributed by atoms with E-state index >= 15 is 0 Å². The van der Waals surface area contributed by atoms with Gasteiger partial charge in [-0.15, -0.1) is 0 Å². The van der Waals surface area contributed by atoms with Crippen molar-refractivity contribution in [1.82, 2.24) is 10.2 Å². The molecule has 0 saturated carbocycles. The van der Waals surface area contributed by atoms with E-state index in [9.17, 15) is 9.59 Å². The molecular weight excluding hydrogens is 320 g/mol. The fraction of sp³-hybridized carbons (Fsp3) is 0.579. The Balaban J connectivity index is 1.71. The van der Waals surface area contributed by atoms with Gasteiger partial charge in [-0.1, -0.05) is 18.2 Å². The Bertz CT molecular complexity index is 569. The molecule has 2 amide bonds. The van der Waals surface area contributed by atoms with Crippen molar-refractivity contribution < 1.29 is 19.1 Å². The van der Waals surface area contributed by atoms with Crippen molar-refractivity contribution in [3.63, 3.8) is 0 Å². The van der Waals surface area contributed by atoms with Crippen LogP contribution in [0, 0.1) is 5.92 Å². The summed E-state index contributed by atoms with van der Waals surface area (Å²) in [7, 11) is 0. The van der Waals surface area contributed by atoms with Gasteiger partial charge in [0.15, 0.2) is 6.61 Å². The maximum Gasteiger partial charge on any atom is 0.410 e. The normalized spacial score (nSPS) is 17.7. The van der Waals surface area contributed by atoms with Crippen LogP contribution in [0.3, 0.4) is 0 Å². The number of nitrogens with zero attached hydrogens (tertiary/aromatic N) is 1. The molecule has 1 atom stereocenters. The van der Waals surface area contributed by atoms with Gasteiger partial charge in [0, 0.05) is 19.6 Å². The second-order valence-corrected chi connectivity index (χ2v) is 7.34. The van der Waals surface area contributed by atoms with Gasteiger partial charge in [0.1, 0.15) is 11.4 Å². The Kier molecular flexibility index (Phi) is 6.67. The fourth-order valence-electron chi connectivity index (χ4n) is 2.70. The van der Waals surface area contributed by atoms with E-state index in [0.29, 0.717) is 25.4 Å². The molecule has 0 radical (unpaired) electrons. The number of nitrogens with one attached hydrogen (secondary N) is 1. The highest BCUT2D eigenvalue weighted by Crippen LogP contribution is 2.19. The van der Waals surface area contributed by atoms with Gasteiger partial charge in [0.2, 0.25) is 0 Å². The molecule has 1 aliphatic heterocycles. The summed E-state index contributed by atoms with van der Waals surface area (Å²) in [5, 5.41) is 2.89. The molecule has 1 aromatic rings. The average molecular weight is 348 g/mol. The van der Waals surface area contributed by atoms with E-state index in [2.05, 4.69) is 5.32 Å². The van der Waals surface area contributed by atoms with Gasteiger partial charge in [-0.05, 0) is 51.7 Å². The lowest BCUT2D eigenvalue weighted by Crippen LogP contribution is -2.46. The molecule has 1 N–H and O–H groups in total. The number of benzene rings is 1. The number of piperidine rings is 1. The number of carbonyl (C=O) groups excluding carboxylic acids is 2. The van der Waals surface area contributed by atoms with Gasteiger partial charge in [0.05, 0.1) is 0 Å². The Morgan fingerprint density at radius 1 is 1.24 bits per heavy atom. The number of hydrogen-bond donors (Lipinski definition) is 1. The topological polar surface area (TPSA) is 67.9 Å². The molecule has 0 unspecified atom stereocenters. The standard InChI is InChI=1S/C19H28N2O4/c1-19(2,3)25-18(23)21-11-7-8-15(13-21)12-20-17(22)14-24-16-9-5-4-6-10-16/h4-6,9-10,15H,7-8,11-14H2,1-3H3,(H,20,22)/t15-/m1/s1. The predicted octanol–water partition coefficient (Wildman–Crippen LogP) is 2.83. The van der Waals surface area contributed by atoms with E-state index in [4.69, 9.17) is 9.47 Å². The molecule has 2 rings (SSSR count). The number of amides is 2. The van der Waals surface area contributed by atoms with Crippen LogP contribution in [-0.2, 0) is 9.53 Å². The van der Waals surface area contributed by atoms with Gasteiger partial charge < -0.3 is 19.7 Å². The first-order valence-corrected chi connectivity index (χ1v) is 8.76. The summed E-state index contributed by atoms with van der Waals surface area (Å²) in [5.41, 5.74) is -0.493. The van der Waals surface area contributed by atoms with Crippen molar-refractivity contribution in [2.24, 2.45) is 5.92 Å². The molecule has 25 heavy (non-hydrogen) atoms. The average Bonchev–Trinajstić information content (AvgIpc) is 2.58. The van der Waals surface area contributed by atoms with E-state index < -0.39 is 5.60 Å². The highest BCUT2D eigenvalue weighted by Gasteiger charge is 2.27. The number of hydrogen-bond acceptors (Lipinski definition) is 4. The van der Waals surface area contributed by atoms with Crippen LogP contribution in [-0.4, -0.2) is 48.7 Å². The summed E-state index contributed by atoms with van der Waals surface area (Å²) in [5.74, 6) is 0.756. The van der Waals surface area contributed by atoms with Crippen LogP contribution in [0.25, 0.3) is 0 Å². The SMILES string of the molecule is CC(C)(C)OC(=O)N1CCC[C@H](CNC(=O)COc2ccccc2)C1. The van der Waals surface area contributed by atoms with Crippen molar-refractivity contribution in [2.75, 3.05) is 26.2 Å². The molecule has 0 bridgehead atoms. The van der Waals surface area contributed by atoms with Crippen molar-refractivity contribution in [3.8, 4) is 5.75 Å². The predicted molar refractivity (Wildman–Crippen MR) is 95.5 cm³/mol. The largest absolute Gasteiger partial charge is 0.484 e. The molecule has 6 heteroatoms. The van der Waals surface area contributed by atoms with Gasteiger partial charge in [-0.3, -0.25) is 4.79 Å². The smallest absolute Gasteiger partial charge is 0.410 e. The zero-order valence-corrected chi connectivity index (χ0v) is 15.3. The minimum Gasteiger partial charge on any atom is -0.484 e. The summed E-state index contributed by atoms with van der Waals surface area (Å²) in [6.45, 7) is 7.42. The van der Waals surface area contributed by atoms with E-state index in [-0.39, 0.29) is 24.5 Å². The first kappa shape index (κ1) is 19.1. The fourth-order valence-corrected chi connectivity index (χ4v) is 2.70. The van der Waals surface area contributed by atoms with Crippen molar-refractivity contribution in [3.05, 3.63) is 30.3 Å². The Morgan fingerprint density at radius 2 is 1.96 bits per heavy atom.